The fourth-order valence-corrected chi connectivity index (χ4v) is 2.46. The summed E-state index contributed by atoms with van der Waals surface area (Å²) in [6.07, 6.45) is 11.5. The van der Waals surface area contributed by atoms with Crippen molar-refractivity contribution in [3.63, 3.8) is 0 Å². The molecule has 0 aromatic carbocycles. The van der Waals surface area contributed by atoms with Crippen LogP contribution in [-0.2, 0) is 11.8 Å². The maximum atomic E-state index is 11.9. The zero-order chi connectivity index (χ0) is 14.7. The molecule has 0 radical (unpaired) electrons. The van der Waals surface area contributed by atoms with Gasteiger partial charge >= 0.3 is 0 Å². The van der Waals surface area contributed by atoms with E-state index in [-0.39, 0.29) is 11.9 Å². The number of carbonyl (C=O) groups excluding carboxylic acids is 1. The van der Waals surface area contributed by atoms with Crippen LogP contribution in [0.1, 0.15) is 12.0 Å². The Morgan fingerprint density at radius 1 is 1.52 bits per heavy atom. The Kier molecular flexibility index (Phi) is 3.72. The number of hydrogen-bond acceptors (Lipinski definition) is 4. The first-order valence-electron chi connectivity index (χ1n) is 6.91. The Balaban J connectivity index is 1.51. The smallest absolute Gasteiger partial charge is 0.244 e. The summed E-state index contributed by atoms with van der Waals surface area (Å²) in [5.41, 5.74) is 1.98. The number of amides is 1. The molecule has 1 saturated heterocycles. The van der Waals surface area contributed by atoms with Crippen LogP contribution >= 0.6 is 0 Å². The lowest BCUT2D eigenvalue weighted by atomic mass is 10.2. The van der Waals surface area contributed by atoms with E-state index in [4.69, 9.17) is 0 Å². The summed E-state index contributed by atoms with van der Waals surface area (Å²) in [6, 6.07) is 0.173. The molecule has 7 heteroatoms. The van der Waals surface area contributed by atoms with Crippen LogP contribution < -0.4 is 10.2 Å². The molecule has 1 amide bonds. The number of rotatable bonds is 4. The molecule has 2 aromatic rings. The SMILES string of the molecule is Cn1cc(N2CCC(NC(=O)/C=C/c3cn[nH]c3)C2)cn1. The number of anilines is 1. The Morgan fingerprint density at radius 2 is 2.43 bits per heavy atom. The van der Waals surface area contributed by atoms with Crippen molar-refractivity contribution < 1.29 is 4.79 Å². The van der Waals surface area contributed by atoms with Gasteiger partial charge in [-0.15, -0.1) is 0 Å². The van der Waals surface area contributed by atoms with Crippen molar-refractivity contribution in [1.82, 2.24) is 25.3 Å². The van der Waals surface area contributed by atoms with Gasteiger partial charge in [-0.3, -0.25) is 14.6 Å². The lowest BCUT2D eigenvalue weighted by Gasteiger charge is -2.16. The monoisotopic (exact) mass is 286 g/mol. The molecule has 1 unspecified atom stereocenters. The van der Waals surface area contributed by atoms with Crippen molar-refractivity contribution in [3.8, 4) is 0 Å². The Hall–Kier alpha value is -2.57. The highest BCUT2D eigenvalue weighted by molar-refractivity contribution is 5.91. The zero-order valence-electron chi connectivity index (χ0n) is 11.9. The Morgan fingerprint density at radius 3 is 3.14 bits per heavy atom. The second-order valence-electron chi connectivity index (χ2n) is 5.18. The van der Waals surface area contributed by atoms with Gasteiger partial charge in [-0.05, 0) is 12.5 Å². The molecule has 0 aliphatic carbocycles. The fraction of sp³-hybridized carbons (Fsp3) is 0.357. The van der Waals surface area contributed by atoms with Crippen molar-refractivity contribution in [1.29, 1.82) is 0 Å². The molecule has 1 aliphatic rings. The summed E-state index contributed by atoms with van der Waals surface area (Å²) in [7, 11) is 1.90. The predicted molar refractivity (Wildman–Crippen MR) is 79.6 cm³/mol. The first kappa shape index (κ1) is 13.4. The normalized spacial score (nSPS) is 18.5. The molecular weight excluding hydrogens is 268 g/mol. The number of nitrogens with zero attached hydrogens (tertiary/aromatic N) is 4. The van der Waals surface area contributed by atoms with E-state index in [1.54, 1.807) is 23.2 Å². The molecule has 1 fully saturated rings. The van der Waals surface area contributed by atoms with E-state index in [1.807, 2.05) is 19.4 Å². The number of hydrogen-bond donors (Lipinski definition) is 2. The number of carbonyl (C=O) groups is 1. The topological polar surface area (TPSA) is 78.8 Å². The molecule has 0 bridgehead atoms. The largest absolute Gasteiger partial charge is 0.367 e. The Bertz CT molecular complexity index is 630. The van der Waals surface area contributed by atoms with Crippen LogP contribution in [0.15, 0.2) is 30.9 Å². The number of aromatic amines is 1. The van der Waals surface area contributed by atoms with Gasteiger partial charge in [0, 0.05) is 50.2 Å². The molecule has 2 N–H and O–H groups in total. The van der Waals surface area contributed by atoms with Crippen LogP contribution in [0, 0.1) is 0 Å². The van der Waals surface area contributed by atoms with E-state index in [1.165, 1.54) is 6.08 Å². The average molecular weight is 286 g/mol. The number of aromatic nitrogens is 4. The third-order valence-corrected chi connectivity index (χ3v) is 3.54. The molecule has 3 heterocycles. The van der Waals surface area contributed by atoms with E-state index in [0.29, 0.717) is 0 Å². The first-order chi connectivity index (χ1) is 10.2. The van der Waals surface area contributed by atoms with Gasteiger partial charge in [0.1, 0.15) is 0 Å². The first-order valence-corrected chi connectivity index (χ1v) is 6.91. The van der Waals surface area contributed by atoms with Gasteiger partial charge in [-0.25, -0.2) is 0 Å². The van der Waals surface area contributed by atoms with Gasteiger partial charge in [0.05, 0.1) is 18.1 Å². The van der Waals surface area contributed by atoms with Crippen molar-refractivity contribution in [2.45, 2.75) is 12.5 Å². The summed E-state index contributed by atoms with van der Waals surface area (Å²) in [5.74, 6) is -0.0748. The molecule has 1 atom stereocenters. The lowest BCUT2D eigenvalue weighted by Crippen LogP contribution is -2.36. The third-order valence-electron chi connectivity index (χ3n) is 3.54. The Labute approximate surface area is 122 Å². The summed E-state index contributed by atoms with van der Waals surface area (Å²) in [4.78, 5) is 14.1. The highest BCUT2D eigenvalue weighted by Crippen LogP contribution is 2.19. The molecular formula is C14H18N6O. The van der Waals surface area contributed by atoms with Crippen molar-refractivity contribution >= 4 is 17.7 Å². The van der Waals surface area contributed by atoms with E-state index in [0.717, 1.165) is 30.8 Å². The van der Waals surface area contributed by atoms with Gasteiger partial charge in [-0.1, -0.05) is 0 Å². The highest BCUT2D eigenvalue weighted by atomic mass is 16.1. The highest BCUT2D eigenvalue weighted by Gasteiger charge is 2.24. The van der Waals surface area contributed by atoms with Crippen molar-refractivity contribution in [3.05, 3.63) is 36.4 Å². The molecule has 1 aliphatic heterocycles. The number of nitrogens with one attached hydrogen (secondary N) is 2. The molecule has 7 nitrogen and oxygen atoms in total. The molecule has 110 valence electrons. The third kappa shape index (κ3) is 3.31. The standard InChI is InChI=1S/C14H18N6O/c1-19-10-13(8-17-19)20-5-4-12(9-20)18-14(21)3-2-11-6-15-16-7-11/h2-3,6-8,10,12H,4-5,9H2,1H3,(H,15,16)(H,18,21)/b3-2+. The fourth-order valence-electron chi connectivity index (χ4n) is 2.46. The van der Waals surface area contributed by atoms with E-state index in [2.05, 4.69) is 25.5 Å². The van der Waals surface area contributed by atoms with Crippen molar-refractivity contribution in [2.75, 3.05) is 18.0 Å². The number of H-pyrrole nitrogens is 1. The quantitative estimate of drug-likeness (QED) is 0.805. The minimum absolute atomic E-state index is 0.0748. The van der Waals surface area contributed by atoms with E-state index >= 15 is 0 Å². The molecule has 21 heavy (non-hydrogen) atoms. The van der Waals surface area contributed by atoms with Gasteiger partial charge in [0.2, 0.25) is 5.91 Å². The molecule has 0 saturated carbocycles. The maximum Gasteiger partial charge on any atom is 0.244 e. The zero-order valence-corrected chi connectivity index (χ0v) is 11.9. The van der Waals surface area contributed by atoms with Crippen LogP contribution in [-0.4, -0.2) is 45.0 Å². The van der Waals surface area contributed by atoms with Crippen LogP contribution in [0.4, 0.5) is 5.69 Å². The van der Waals surface area contributed by atoms with Gasteiger partial charge in [0.25, 0.3) is 0 Å². The molecule has 0 spiro atoms. The van der Waals surface area contributed by atoms with E-state index < -0.39 is 0 Å². The summed E-state index contributed by atoms with van der Waals surface area (Å²) in [5, 5.41) is 13.7. The van der Waals surface area contributed by atoms with Gasteiger partial charge in [0.15, 0.2) is 0 Å². The van der Waals surface area contributed by atoms with E-state index in [9.17, 15) is 4.79 Å². The van der Waals surface area contributed by atoms with Crippen LogP contribution in [0.2, 0.25) is 0 Å². The minimum atomic E-state index is -0.0748. The van der Waals surface area contributed by atoms with Gasteiger partial charge < -0.3 is 10.2 Å². The second-order valence-corrected chi connectivity index (χ2v) is 5.18. The summed E-state index contributed by atoms with van der Waals surface area (Å²) >= 11 is 0. The van der Waals surface area contributed by atoms with Crippen LogP contribution in [0.3, 0.4) is 0 Å². The second kappa shape index (κ2) is 5.82. The van der Waals surface area contributed by atoms with Crippen LogP contribution in [0.25, 0.3) is 6.08 Å². The summed E-state index contributed by atoms with van der Waals surface area (Å²) in [6.45, 7) is 1.75. The maximum absolute atomic E-state index is 11.9. The van der Waals surface area contributed by atoms with Crippen molar-refractivity contribution in [2.24, 2.45) is 7.05 Å². The molecule has 3 rings (SSSR count). The lowest BCUT2D eigenvalue weighted by molar-refractivity contribution is -0.117. The number of aryl methyl sites for hydroxylation is 1. The predicted octanol–water partition coefficient (Wildman–Crippen LogP) is 0.551. The minimum Gasteiger partial charge on any atom is -0.367 e. The van der Waals surface area contributed by atoms with Crippen LogP contribution in [0.5, 0.6) is 0 Å². The summed E-state index contributed by atoms with van der Waals surface area (Å²) < 4.78 is 1.79. The average Bonchev–Trinajstić information content (AvgIpc) is 3.17. The van der Waals surface area contributed by atoms with Gasteiger partial charge in [-0.2, -0.15) is 10.2 Å². The molecule has 2 aromatic heterocycles.